The Morgan fingerprint density at radius 2 is 1.78 bits per heavy atom. The van der Waals surface area contributed by atoms with E-state index in [0.717, 1.165) is 0 Å². The molecule has 1 rings (SSSR count). The Morgan fingerprint density at radius 1 is 1.28 bits per heavy atom. The maximum Gasteiger partial charge on any atom is 0.324 e. The third-order valence-corrected chi connectivity index (χ3v) is 2.59. The topological polar surface area (TPSA) is 86.4 Å². The van der Waals surface area contributed by atoms with Crippen molar-refractivity contribution in [3.8, 4) is 12.0 Å². The average Bonchev–Trinajstić information content (AvgIpc) is 2.36. The van der Waals surface area contributed by atoms with Gasteiger partial charge in [-0.3, -0.25) is 0 Å². The van der Waals surface area contributed by atoms with E-state index in [1.807, 2.05) is 18.9 Å². The molecule has 18 heavy (non-hydrogen) atoms. The van der Waals surface area contributed by atoms with Crippen LogP contribution < -0.4 is 20.1 Å². The van der Waals surface area contributed by atoms with E-state index in [4.69, 9.17) is 27.4 Å². The third kappa shape index (κ3) is 3.66. The smallest absolute Gasteiger partial charge is 0.324 e. The first kappa shape index (κ1) is 14.4. The van der Waals surface area contributed by atoms with Gasteiger partial charge < -0.3 is 20.1 Å². The van der Waals surface area contributed by atoms with E-state index in [1.165, 1.54) is 14.2 Å². The SMILES string of the molecule is COc1nc(OC)nc(N(C)C(C)CC(N)=S)n1. The average molecular weight is 271 g/mol. The molecule has 0 fully saturated rings. The number of hydrogen-bond acceptors (Lipinski definition) is 7. The van der Waals surface area contributed by atoms with Crippen molar-refractivity contribution >= 4 is 23.2 Å². The second-order valence-corrected chi connectivity index (χ2v) is 4.26. The van der Waals surface area contributed by atoms with Crippen LogP contribution in [0.1, 0.15) is 13.3 Å². The zero-order valence-electron chi connectivity index (χ0n) is 10.9. The van der Waals surface area contributed by atoms with Gasteiger partial charge in [0.15, 0.2) is 0 Å². The molecule has 0 radical (unpaired) electrons. The fraction of sp³-hybridized carbons (Fsp3) is 0.600. The number of anilines is 1. The van der Waals surface area contributed by atoms with Crippen molar-refractivity contribution in [3.05, 3.63) is 0 Å². The molecular weight excluding hydrogens is 254 g/mol. The summed E-state index contributed by atoms with van der Waals surface area (Å²) in [6, 6.07) is 0.469. The van der Waals surface area contributed by atoms with Gasteiger partial charge in [0.05, 0.1) is 19.2 Å². The first-order valence-electron chi connectivity index (χ1n) is 5.33. The molecule has 100 valence electrons. The van der Waals surface area contributed by atoms with Crippen LogP contribution in [0, 0.1) is 0 Å². The lowest BCUT2D eigenvalue weighted by Gasteiger charge is -2.24. The monoisotopic (exact) mass is 271 g/mol. The minimum atomic E-state index is 0.0688. The second kappa shape index (κ2) is 6.29. The molecule has 1 unspecified atom stereocenters. The predicted molar refractivity (Wildman–Crippen MR) is 72.2 cm³/mol. The zero-order chi connectivity index (χ0) is 13.7. The summed E-state index contributed by atoms with van der Waals surface area (Å²) in [7, 11) is 4.81. The Hall–Kier alpha value is -1.70. The van der Waals surface area contributed by atoms with Crippen LogP contribution in [0.25, 0.3) is 0 Å². The van der Waals surface area contributed by atoms with Crippen molar-refractivity contribution in [2.24, 2.45) is 5.73 Å². The Labute approximate surface area is 111 Å². The van der Waals surface area contributed by atoms with E-state index in [2.05, 4.69) is 15.0 Å². The van der Waals surface area contributed by atoms with Gasteiger partial charge in [0.1, 0.15) is 0 Å². The highest BCUT2D eigenvalue weighted by Gasteiger charge is 2.16. The highest BCUT2D eigenvalue weighted by molar-refractivity contribution is 7.80. The van der Waals surface area contributed by atoms with Crippen molar-refractivity contribution < 1.29 is 9.47 Å². The van der Waals surface area contributed by atoms with E-state index in [-0.39, 0.29) is 18.1 Å². The molecular formula is C10H17N5O2S. The molecule has 0 saturated heterocycles. The van der Waals surface area contributed by atoms with E-state index in [9.17, 15) is 0 Å². The van der Waals surface area contributed by atoms with Crippen LogP contribution in [-0.2, 0) is 0 Å². The third-order valence-electron chi connectivity index (χ3n) is 2.42. The number of rotatable bonds is 6. The normalized spacial score (nSPS) is 11.8. The molecule has 0 aromatic carbocycles. The number of nitrogens with two attached hydrogens (primary N) is 1. The van der Waals surface area contributed by atoms with Crippen LogP contribution in [0.5, 0.6) is 12.0 Å². The van der Waals surface area contributed by atoms with Crippen molar-refractivity contribution in [2.75, 3.05) is 26.2 Å². The molecule has 8 heteroatoms. The molecule has 0 spiro atoms. The Kier molecular flexibility index (Phi) is 5.02. The quantitative estimate of drug-likeness (QED) is 0.744. The predicted octanol–water partition coefficient (Wildman–Crippen LogP) is 0.390. The molecule has 1 aromatic heterocycles. The highest BCUT2D eigenvalue weighted by atomic mass is 32.1. The van der Waals surface area contributed by atoms with Gasteiger partial charge in [0.2, 0.25) is 5.95 Å². The molecule has 1 heterocycles. The number of hydrogen-bond donors (Lipinski definition) is 1. The lowest BCUT2D eigenvalue weighted by Crippen LogP contribution is -2.33. The van der Waals surface area contributed by atoms with Gasteiger partial charge >= 0.3 is 12.0 Å². The van der Waals surface area contributed by atoms with E-state index in [1.54, 1.807) is 0 Å². The minimum absolute atomic E-state index is 0.0688. The van der Waals surface area contributed by atoms with Gasteiger partial charge in [-0.1, -0.05) is 12.2 Å². The van der Waals surface area contributed by atoms with Crippen LogP contribution >= 0.6 is 12.2 Å². The number of aromatic nitrogens is 3. The van der Waals surface area contributed by atoms with Crippen LogP contribution in [0.3, 0.4) is 0 Å². The van der Waals surface area contributed by atoms with Gasteiger partial charge in [0.25, 0.3) is 0 Å². The standard InChI is InChI=1S/C10H17N5O2S/c1-6(5-7(11)18)15(2)8-12-9(16-3)14-10(13-8)17-4/h6H,5H2,1-4H3,(H2,11,18). The fourth-order valence-electron chi connectivity index (χ4n) is 1.29. The Bertz CT molecular complexity index is 406. The van der Waals surface area contributed by atoms with Crippen LogP contribution in [0.4, 0.5) is 5.95 Å². The summed E-state index contributed by atoms with van der Waals surface area (Å²) < 4.78 is 9.98. The van der Waals surface area contributed by atoms with Crippen LogP contribution in [0.2, 0.25) is 0 Å². The summed E-state index contributed by atoms with van der Waals surface area (Å²) in [5.74, 6) is 0.447. The van der Waals surface area contributed by atoms with Crippen LogP contribution in [-0.4, -0.2) is 47.2 Å². The van der Waals surface area contributed by atoms with E-state index < -0.39 is 0 Å². The van der Waals surface area contributed by atoms with Crippen molar-refractivity contribution in [1.82, 2.24) is 15.0 Å². The number of nitrogens with zero attached hydrogens (tertiary/aromatic N) is 4. The number of ether oxygens (including phenoxy) is 2. The fourth-order valence-corrected chi connectivity index (χ4v) is 1.53. The summed E-state index contributed by atoms with van der Waals surface area (Å²) in [6.45, 7) is 1.97. The largest absolute Gasteiger partial charge is 0.467 e. The lowest BCUT2D eigenvalue weighted by molar-refractivity contribution is 0.339. The minimum Gasteiger partial charge on any atom is -0.467 e. The first-order valence-corrected chi connectivity index (χ1v) is 5.74. The van der Waals surface area contributed by atoms with Gasteiger partial charge in [-0.15, -0.1) is 4.98 Å². The maximum absolute atomic E-state index is 5.52. The summed E-state index contributed by atoms with van der Waals surface area (Å²) in [4.78, 5) is 14.5. The van der Waals surface area contributed by atoms with Gasteiger partial charge in [0, 0.05) is 19.5 Å². The van der Waals surface area contributed by atoms with Gasteiger partial charge in [-0.05, 0) is 6.92 Å². The van der Waals surface area contributed by atoms with Gasteiger partial charge in [-0.25, -0.2) is 0 Å². The van der Waals surface area contributed by atoms with E-state index in [0.29, 0.717) is 17.4 Å². The number of methoxy groups -OCH3 is 2. The second-order valence-electron chi connectivity index (χ2n) is 3.74. The molecule has 0 aliphatic rings. The van der Waals surface area contributed by atoms with Crippen LogP contribution in [0.15, 0.2) is 0 Å². The molecule has 2 N–H and O–H groups in total. The molecule has 1 atom stereocenters. The maximum atomic E-state index is 5.52. The van der Waals surface area contributed by atoms with E-state index >= 15 is 0 Å². The summed E-state index contributed by atoms with van der Waals surface area (Å²) in [5, 5.41) is 0. The summed E-state index contributed by atoms with van der Waals surface area (Å²) >= 11 is 4.89. The molecule has 1 aromatic rings. The van der Waals surface area contributed by atoms with Gasteiger partial charge in [-0.2, -0.15) is 9.97 Å². The Morgan fingerprint density at radius 3 is 2.17 bits per heavy atom. The molecule has 0 aliphatic carbocycles. The molecule has 0 bridgehead atoms. The van der Waals surface area contributed by atoms with Crippen molar-refractivity contribution in [3.63, 3.8) is 0 Å². The highest BCUT2D eigenvalue weighted by Crippen LogP contribution is 2.17. The van der Waals surface area contributed by atoms with Crippen molar-refractivity contribution in [1.29, 1.82) is 0 Å². The zero-order valence-corrected chi connectivity index (χ0v) is 11.7. The molecule has 7 nitrogen and oxygen atoms in total. The van der Waals surface area contributed by atoms with Crippen molar-refractivity contribution in [2.45, 2.75) is 19.4 Å². The summed E-state index contributed by atoms with van der Waals surface area (Å²) in [5.41, 5.74) is 5.52. The number of thiocarbonyl (C=S) groups is 1. The Balaban J connectivity index is 2.96. The molecule has 0 amide bonds. The summed E-state index contributed by atoms with van der Waals surface area (Å²) in [6.07, 6.45) is 0.572. The molecule has 0 saturated carbocycles. The lowest BCUT2D eigenvalue weighted by atomic mass is 10.2. The molecule has 0 aliphatic heterocycles. The first-order chi connectivity index (χ1) is 8.47.